The van der Waals surface area contributed by atoms with Crippen molar-refractivity contribution < 1.29 is 9.31 Å². The monoisotopic (exact) mass is 531 g/mol. The Labute approximate surface area is 236 Å². The summed E-state index contributed by atoms with van der Waals surface area (Å²) in [6, 6.07) is 17.2. The van der Waals surface area contributed by atoms with Gasteiger partial charge in [0.05, 0.1) is 22.4 Å². The Hall–Kier alpha value is -3.76. The summed E-state index contributed by atoms with van der Waals surface area (Å²) in [6.07, 6.45) is 21.4. The molecule has 3 nitrogen and oxygen atoms in total. The normalized spacial score (nSPS) is 23.2. The van der Waals surface area contributed by atoms with E-state index >= 15 is 0 Å². The maximum Gasteiger partial charge on any atom is 0.216 e. The van der Waals surface area contributed by atoms with Crippen molar-refractivity contribution in [2.75, 3.05) is 18.5 Å². The number of anilines is 1. The Morgan fingerprint density at radius 1 is 1.05 bits per heavy atom. The second kappa shape index (κ2) is 10.8. The van der Waals surface area contributed by atoms with Gasteiger partial charge in [0.25, 0.3) is 0 Å². The molecule has 2 aromatic rings. The summed E-state index contributed by atoms with van der Waals surface area (Å²) in [6.45, 7) is 9.11. The molecule has 0 amide bonds. The zero-order valence-electron chi connectivity index (χ0n) is 22.9. The third kappa shape index (κ3) is 4.90. The highest BCUT2D eigenvalue weighted by Crippen LogP contribution is 2.47. The third-order valence-corrected chi connectivity index (χ3v) is 8.81. The molecule has 4 heteroatoms. The topological polar surface area (TPSA) is 15.5 Å². The number of thioether (sulfide) groups is 1. The number of ether oxygens (including phenoxy) is 1. The number of allylic oxidation sites excluding steroid dienone is 11. The predicted octanol–water partition coefficient (Wildman–Crippen LogP) is 7.86. The predicted molar refractivity (Wildman–Crippen MR) is 165 cm³/mol. The van der Waals surface area contributed by atoms with E-state index in [0.29, 0.717) is 11.8 Å². The fourth-order valence-corrected chi connectivity index (χ4v) is 6.91. The molecule has 0 aromatic heterocycles. The van der Waals surface area contributed by atoms with E-state index < -0.39 is 0 Å². The first-order valence-electron chi connectivity index (χ1n) is 13.8. The molecule has 6 rings (SSSR count). The molecule has 0 bridgehead atoms. The van der Waals surface area contributed by atoms with Crippen molar-refractivity contribution in [1.29, 1.82) is 0 Å². The Kier molecular flexibility index (Phi) is 7.05. The van der Waals surface area contributed by atoms with Gasteiger partial charge in [0.15, 0.2) is 6.54 Å². The summed E-state index contributed by atoms with van der Waals surface area (Å²) in [5.74, 6) is 1.64. The highest BCUT2D eigenvalue weighted by Gasteiger charge is 2.42. The van der Waals surface area contributed by atoms with Crippen LogP contribution in [0.25, 0.3) is 0 Å². The Balaban J connectivity index is 1.39. The van der Waals surface area contributed by atoms with Crippen LogP contribution in [0.4, 0.5) is 5.69 Å². The standard InChI is InChI=1S/C35H35N2OS/c1-5-10-29-32(23-34-36(4)30-13-8-9-14-33(30)39-34)37(22-21-25-15-18-27(19-16-25)38-24(2)3)31-20-17-26-11-6-7-12-28(26)35(29)31/h5-20,23-24,26,28H,1,21-22H2,2-4H3/q+1/b29-10+. The van der Waals surface area contributed by atoms with Crippen LogP contribution in [0.5, 0.6) is 5.75 Å². The number of nitrogens with zero attached hydrogens (tertiary/aromatic N) is 2. The molecule has 0 N–H and O–H groups in total. The average molecular weight is 532 g/mol. The van der Waals surface area contributed by atoms with E-state index in [4.69, 9.17) is 4.74 Å². The first kappa shape index (κ1) is 25.5. The Bertz CT molecular complexity index is 1510. The number of benzene rings is 2. The molecule has 0 spiro atoms. The first-order valence-corrected chi connectivity index (χ1v) is 14.6. The maximum absolute atomic E-state index is 5.86. The van der Waals surface area contributed by atoms with E-state index in [0.717, 1.165) is 18.7 Å². The van der Waals surface area contributed by atoms with Crippen LogP contribution >= 0.6 is 11.8 Å². The summed E-state index contributed by atoms with van der Waals surface area (Å²) in [7, 11) is 2.17. The van der Waals surface area contributed by atoms with Crippen molar-refractivity contribution in [3.8, 4) is 5.75 Å². The highest BCUT2D eigenvalue weighted by atomic mass is 32.2. The van der Waals surface area contributed by atoms with Gasteiger partial charge in [-0.2, -0.15) is 4.58 Å². The lowest BCUT2D eigenvalue weighted by atomic mass is 9.76. The minimum Gasteiger partial charge on any atom is -0.491 e. The summed E-state index contributed by atoms with van der Waals surface area (Å²) in [5, 5.41) is 1.24. The summed E-state index contributed by atoms with van der Waals surface area (Å²) in [5.41, 5.74) is 7.79. The van der Waals surface area contributed by atoms with Crippen LogP contribution in [0.3, 0.4) is 0 Å². The Morgan fingerprint density at radius 3 is 2.62 bits per heavy atom. The van der Waals surface area contributed by atoms with Gasteiger partial charge < -0.3 is 9.64 Å². The van der Waals surface area contributed by atoms with Crippen LogP contribution in [0, 0.1) is 11.8 Å². The van der Waals surface area contributed by atoms with Crippen molar-refractivity contribution in [2.45, 2.75) is 31.3 Å². The number of para-hydroxylation sites is 1. The molecule has 2 aliphatic heterocycles. The van der Waals surface area contributed by atoms with Crippen LogP contribution in [0.15, 0.2) is 137 Å². The number of rotatable bonds is 7. The molecule has 2 aliphatic carbocycles. The van der Waals surface area contributed by atoms with Crippen molar-refractivity contribution in [3.05, 3.63) is 137 Å². The van der Waals surface area contributed by atoms with Gasteiger partial charge >= 0.3 is 0 Å². The third-order valence-electron chi connectivity index (χ3n) is 7.65. The van der Waals surface area contributed by atoms with Crippen LogP contribution in [0.2, 0.25) is 0 Å². The van der Waals surface area contributed by atoms with Gasteiger partial charge in [0.2, 0.25) is 11.4 Å². The average Bonchev–Trinajstić information content (AvgIpc) is 3.42. The van der Waals surface area contributed by atoms with Gasteiger partial charge in [-0.25, -0.2) is 0 Å². The molecular weight excluding hydrogens is 496 g/mol. The first-order chi connectivity index (χ1) is 19.0. The van der Waals surface area contributed by atoms with Gasteiger partial charge in [-0.3, -0.25) is 0 Å². The SMILES string of the molecule is C=C/C=C1/C2=C(C=CC3C=CC=CC23)[N+](CCc2ccc(OC(C)C)cc2)=C1/C=C1\Sc2ccccc2N1C. The van der Waals surface area contributed by atoms with E-state index in [2.05, 4.69) is 134 Å². The maximum atomic E-state index is 5.86. The smallest absolute Gasteiger partial charge is 0.216 e. The van der Waals surface area contributed by atoms with Gasteiger partial charge in [0, 0.05) is 47.9 Å². The van der Waals surface area contributed by atoms with Crippen LogP contribution in [-0.4, -0.2) is 30.0 Å². The van der Waals surface area contributed by atoms with E-state index in [1.807, 2.05) is 17.8 Å². The summed E-state index contributed by atoms with van der Waals surface area (Å²) < 4.78 is 8.38. The van der Waals surface area contributed by atoms with Gasteiger partial charge in [-0.1, -0.05) is 79.1 Å². The van der Waals surface area contributed by atoms with Crippen molar-refractivity contribution in [3.63, 3.8) is 0 Å². The lowest BCUT2D eigenvalue weighted by molar-refractivity contribution is -0.468. The van der Waals surface area contributed by atoms with Gasteiger partial charge in [-0.05, 0) is 49.8 Å². The molecule has 2 unspecified atom stereocenters. The van der Waals surface area contributed by atoms with Crippen molar-refractivity contribution in [1.82, 2.24) is 0 Å². The lowest BCUT2D eigenvalue weighted by Crippen LogP contribution is -2.21. The molecule has 0 radical (unpaired) electrons. The number of fused-ring (bicyclic) bond motifs is 3. The largest absolute Gasteiger partial charge is 0.491 e. The Morgan fingerprint density at radius 2 is 1.85 bits per heavy atom. The van der Waals surface area contributed by atoms with Crippen LogP contribution < -0.4 is 9.64 Å². The fourth-order valence-electron chi connectivity index (χ4n) is 5.83. The second-order valence-electron chi connectivity index (χ2n) is 10.6. The fraction of sp³-hybridized carbons (Fsp3) is 0.229. The molecule has 0 saturated carbocycles. The second-order valence-corrected chi connectivity index (χ2v) is 11.6. The van der Waals surface area contributed by atoms with E-state index in [-0.39, 0.29) is 6.10 Å². The van der Waals surface area contributed by atoms with Crippen molar-refractivity contribution in [2.24, 2.45) is 11.8 Å². The van der Waals surface area contributed by atoms with Crippen LogP contribution in [0.1, 0.15) is 19.4 Å². The molecule has 0 fully saturated rings. The minimum absolute atomic E-state index is 0.175. The number of hydrogen-bond donors (Lipinski definition) is 0. The molecular formula is C35H35N2OS+. The van der Waals surface area contributed by atoms with E-state index in [1.54, 1.807) is 0 Å². The van der Waals surface area contributed by atoms with E-state index in [9.17, 15) is 0 Å². The molecule has 2 atom stereocenters. The van der Waals surface area contributed by atoms with Gasteiger partial charge in [0.1, 0.15) is 5.75 Å². The molecule has 2 aromatic carbocycles. The summed E-state index contributed by atoms with van der Waals surface area (Å²) >= 11 is 1.84. The molecule has 196 valence electrons. The molecule has 39 heavy (non-hydrogen) atoms. The highest BCUT2D eigenvalue weighted by molar-refractivity contribution is 8.03. The molecule has 2 heterocycles. The molecule has 0 saturated heterocycles. The lowest BCUT2D eigenvalue weighted by Gasteiger charge is -2.25. The summed E-state index contributed by atoms with van der Waals surface area (Å²) in [4.78, 5) is 3.61. The minimum atomic E-state index is 0.175. The zero-order valence-corrected chi connectivity index (χ0v) is 23.7. The zero-order chi connectivity index (χ0) is 26.9. The van der Waals surface area contributed by atoms with E-state index in [1.165, 1.54) is 43.7 Å². The molecule has 4 aliphatic rings. The number of hydrogen-bond acceptors (Lipinski definition) is 3. The van der Waals surface area contributed by atoms with Crippen LogP contribution in [-0.2, 0) is 6.42 Å². The van der Waals surface area contributed by atoms with Crippen molar-refractivity contribution >= 4 is 23.2 Å². The quantitative estimate of drug-likeness (QED) is 0.338. The van der Waals surface area contributed by atoms with Gasteiger partial charge in [-0.15, -0.1) is 0 Å².